The third-order valence-electron chi connectivity index (χ3n) is 4.22. The van der Waals surface area contributed by atoms with Crippen LogP contribution >= 0.6 is 22.9 Å². The lowest BCUT2D eigenvalue weighted by Crippen LogP contribution is -2.16. The van der Waals surface area contributed by atoms with Crippen molar-refractivity contribution in [1.82, 2.24) is 9.97 Å². The Balaban J connectivity index is 2.03. The van der Waals surface area contributed by atoms with Crippen molar-refractivity contribution in [3.63, 3.8) is 0 Å². The molecular formula is C20H22ClN3OS. The molecule has 3 rings (SSSR count). The maximum atomic E-state index is 12.8. The Kier molecular flexibility index (Phi) is 4.80. The van der Waals surface area contributed by atoms with Gasteiger partial charge >= 0.3 is 0 Å². The quantitative estimate of drug-likeness (QED) is 0.602. The monoisotopic (exact) mass is 387 g/mol. The second-order valence-electron chi connectivity index (χ2n) is 7.56. The SMILES string of the molecule is Cc1ccc(NC(=O)c2sc3nc(C(C)(C)C)nc(C)c3c2C)c(Cl)c1. The number of halogens is 1. The van der Waals surface area contributed by atoms with E-state index in [9.17, 15) is 4.79 Å². The van der Waals surface area contributed by atoms with E-state index in [1.165, 1.54) is 11.3 Å². The molecule has 0 saturated carbocycles. The van der Waals surface area contributed by atoms with E-state index in [4.69, 9.17) is 16.6 Å². The first-order chi connectivity index (χ1) is 12.1. The number of aromatic nitrogens is 2. The van der Waals surface area contributed by atoms with E-state index in [0.717, 1.165) is 32.9 Å². The average molecular weight is 388 g/mol. The lowest BCUT2D eigenvalue weighted by Gasteiger charge is -2.16. The van der Waals surface area contributed by atoms with Crippen molar-refractivity contribution in [2.45, 2.75) is 47.0 Å². The third kappa shape index (κ3) is 3.46. The first-order valence-electron chi connectivity index (χ1n) is 8.43. The molecule has 4 nitrogen and oxygen atoms in total. The Morgan fingerprint density at radius 1 is 1.15 bits per heavy atom. The molecule has 6 heteroatoms. The molecule has 0 radical (unpaired) electrons. The standard InChI is InChI=1S/C20H22ClN3OS/c1-10-7-8-14(13(21)9-10)23-17(25)16-11(2)15-12(3)22-19(20(4,5)6)24-18(15)26-16/h7-9H,1-6H3,(H,23,25). The summed E-state index contributed by atoms with van der Waals surface area (Å²) in [6, 6.07) is 5.58. The van der Waals surface area contributed by atoms with Crippen LogP contribution < -0.4 is 5.32 Å². The zero-order chi connectivity index (χ0) is 19.2. The zero-order valence-electron chi connectivity index (χ0n) is 15.8. The lowest BCUT2D eigenvalue weighted by molar-refractivity contribution is 0.103. The van der Waals surface area contributed by atoms with Gasteiger partial charge in [-0.15, -0.1) is 11.3 Å². The van der Waals surface area contributed by atoms with E-state index < -0.39 is 0 Å². The van der Waals surface area contributed by atoms with Gasteiger partial charge in [0.25, 0.3) is 5.91 Å². The van der Waals surface area contributed by atoms with Crippen molar-refractivity contribution in [2.75, 3.05) is 5.32 Å². The first kappa shape index (κ1) is 18.8. The number of hydrogen-bond donors (Lipinski definition) is 1. The number of nitrogens with one attached hydrogen (secondary N) is 1. The van der Waals surface area contributed by atoms with Gasteiger partial charge < -0.3 is 5.32 Å². The van der Waals surface area contributed by atoms with Gasteiger partial charge in [0.1, 0.15) is 10.7 Å². The highest BCUT2D eigenvalue weighted by Gasteiger charge is 2.23. The predicted molar refractivity (Wildman–Crippen MR) is 110 cm³/mol. The molecule has 3 aromatic rings. The Morgan fingerprint density at radius 3 is 2.46 bits per heavy atom. The normalized spacial score (nSPS) is 11.8. The molecule has 0 unspecified atom stereocenters. The van der Waals surface area contributed by atoms with Gasteiger partial charge in [0.15, 0.2) is 0 Å². The van der Waals surface area contributed by atoms with Crippen molar-refractivity contribution in [3.8, 4) is 0 Å². The van der Waals surface area contributed by atoms with Crippen LogP contribution in [0.2, 0.25) is 5.02 Å². The average Bonchev–Trinajstić information content (AvgIpc) is 2.87. The van der Waals surface area contributed by atoms with Crippen LogP contribution in [0.4, 0.5) is 5.69 Å². The minimum atomic E-state index is -0.173. The van der Waals surface area contributed by atoms with Crippen molar-refractivity contribution < 1.29 is 4.79 Å². The molecule has 2 aromatic heterocycles. The van der Waals surface area contributed by atoms with Gasteiger partial charge in [-0.2, -0.15) is 0 Å². The van der Waals surface area contributed by atoms with Gasteiger partial charge in [-0.25, -0.2) is 9.97 Å². The van der Waals surface area contributed by atoms with Crippen LogP contribution in [-0.4, -0.2) is 15.9 Å². The van der Waals surface area contributed by atoms with Gasteiger partial charge in [-0.3, -0.25) is 4.79 Å². The molecule has 26 heavy (non-hydrogen) atoms. The summed E-state index contributed by atoms with van der Waals surface area (Å²) in [7, 11) is 0. The maximum absolute atomic E-state index is 12.8. The van der Waals surface area contributed by atoms with Gasteiger partial charge in [0.2, 0.25) is 0 Å². The number of fused-ring (bicyclic) bond motifs is 1. The lowest BCUT2D eigenvalue weighted by atomic mass is 9.95. The van der Waals surface area contributed by atoms with Gasteiger partial charge in [-0.1, -0.05) is 38.4 Å². The van der Waals surface area contributed by atoms with E-state index in [1.54, 1.807) is 0 Å². The molecule has 0 bridgehead atoms. The number of aryl methyl sites for hydroxylation is 3. The van der Waals surface area contributed by atoms with E-state index in [0.29, 0.717) is 15.6 Å². The van der Waals surface area contributed by atoms with Crippen LogP contribution in [0.25, 0.3) is 10.2 Å². The minimum Gasteiger partial charge on any atom is -0.320 e. The summed E-state index contributed by atoms with van der Waals surface area (Å²) in [6.07, 6.45) is 0. The smallest absolute Gasteiger partial charge is 0.266 e. The number of anilines is 1. The fourth-order valence-electron chi connectivity index (χ4n) is 2.79. The minimum absolute atomic E-state index is 0.144. The number of carbonyl (C=O) groups is 1. The van der Waals surface area contributed by atoms with Crippen LogP contribution in [0.5, 0.6) is 0 Å². The number of rotatable bonds is 2. The Hall–Kier alpha value is -1.98. The molecule has 0 saturated heterocycles. The molecule has 0 aliphatic carbocycles. The fourth-order valence-corrected chi connectivity index (χ4v) is 4.20. The molecular weight excluding hydrogens is 366 g/mol. The van der Waals surface area contributed by atoms with Gasteiger partial charge in [0, 0.05) is 10.8 Å². The summed E-state index contributed by atoms with van der Waals surface area (Å²) in [4.78, 5) is 23.7. The van der Waals surface area contributed by atoms with Crippen LogP contribution in [0.3, 0.4) is 0 Å². The highest BCUT2D eigenvalue weighted by atomic mass is 35.5. The second kappa shape index (κ2) is 6.63. The molecule has 0 spiro atoms. The fraction of sp³-hybridized carbons (Fsp3) is 0.350. The van der Waals surface area contributed by atoms with E-state index in [2.05, 4.69) is 31.1 Å². The summed E-state index contributed by atoms with van der Waals surface area (Å²) in [5.41, 5.74) is 3.32. The van der Waals surface area contributed by atoms with Crippen LogP contribution in [-0.2, 0) is 5.41 Å². The van der Waals surface area contributed by atoms with Crippen molar-refractivity contribution >= 4 is 44.7 Å². The van der Waals surface area contributed by atoms with Crippen molar-refractivity contribution in [2.24, 2.45) is 0 Å². The predicted octanol–water partition coefficient (Wildman–Crippen LogP) is 5.82. The molecule has 0 fully saturated rings. The van der Waals surface area contributed by atoms with Crippen LogP contribution in [0, 0.1) is 20.8 Å². The number of benzene rings is 1. The van der Waals surface area contributed by atoms with E-state index in [-0.39, 0.29) is 11.3 Å². The maximum Gasteiger partial charge on any atom is 0.266 e. The first-order valence-corrected chi connectivity index (χ1v) is 9.63. The van der Waals surface area contributed by atoms with Gasteiger partial charge in [-0.05, 0) is 44.0 Å². The molecule has 1 aromatic carbocycles. The summed E-state index contributed by atoms with van der Waals surface area (Å²) in [5, 5.41) is 4.40. The molecule has 1 N–H and O–H groups in total. The van der Waals surface area contributed by atoms with E-state index in [1.807, 2.05) is 39.0 Å². The zero-order valence-corrected chi connectivity index (χ0v) is 17.4. The largest absolute Gasteiger partial charge is 0.320 e. The molecule has 2 heterocycles. The number of carbonyl (C=O) groups excluding carboxylic acids is 1. The summed E-state index contributed by atoms with van der Waals surface area (Å²) < 4.78 is 0. The molecule has 0 aliphatic heterocycles. The summed E-state index contributed by atoms with van der Waals surface area (Å²) in [5.74, 6) is 0.616. The number of nitrogens with zero attached hydrogens (tertiary/aromatic N) is 2. The molecule has 1 amide bonds. The van der Waals surface area contributed by atoms with Crippen molar-refractivity contribution in [3.05, 3.63) is 50.7 Å². The van der Waals surface area contributed by atoms with Crippen molar-refractivity contribution in [1.29, 1.82) is 0 Å². The topological polar surface area (TPSA) is 54.9 Å². The highest BCUT2D eigenvalue weighted by molar-refractivity contribution is 7.20. The van der Waals surface area contributed by atoms with Crippen LogP contribution in [0.1, 0.15) is 53.1 Å². The number of thiophene rings is 1. The Labute approximate surface area is 162 Å². The second-order valence-corrected chi connectivity index (χ2v) is 8.96. The number of amides is 1. The van der Waals surface area contributed by atoms with Gasteiger partial charge in [0.05, 0.1) is 21.3 Å². The summed E-state index contributed by atoms with van der Waals surface area (Å²) in [6.45, 7) is 12.1. The molecule has 0 atom stereocenters. The third-order valence-corrected chi connectivity index (χ3v) is 5.72. The Morgan fingerprint density at radius 2 is 1.85 bits per heavy atom. The molecule has 0 aliphatic rings. The Bertz CT molecular complexity index is 1020. The highest BCUT2D eigenvalue weighted by Crippen LogP contribution is 2.34. The van der Waals surface area contributed by atoms with Crippen LogP contribution in [0.15, 0.2) is 18.2 Å². The molecule has 136 valence electrons. The van der Waals surface area contributed by atoms with E-state index >= 15 is 0 Å². The summed E-state index contributed by atoms with van der Waals surface area (Å²) >= 11 is 7.64. The number of hydrogen-bond acceptors (Lipinski definition) is 4.